The molecule has 0 amide bonds. The van der Waals surface area contributed by atoms with Crippen molar-refractivity contribution in [1.29, 1.82) is 0 Å². The lowest BCUT2D eigenvalue weighted by Crippen LogP contribution is -2.31. The molecule has 1 nitrogen and oxygen atoms in total. The lowest BCUT2D eigenvalue weighted by molar-refractivity contribution is 0.232. The van der Waals surface area contributed by atoms with E-state index in [4.69, 9.17) is 4.98 Å². The van der Waals surface area contributed by atoms with Crippen LogP contribution in [0.15, 0.2) is 36.5 Å². The zero-order valence-electron chi connectivity index (χ0n) is 14.4. The second-order valence-corrected chi connectivity index (χ2v) is 8.37. The summed E-state index contributed by atoms with van der Waals surface area (Å²) >= 11 is 0. The molecule has 0 radical (unpaired) electrons. The van der Waals surface area contributed by atoms with Gasteiger partial charge in [0.05, 0.1) is 5.52 Å². The monoisotopic (exact) mass is 301 g/mol. The first-order valence-electron chi connectivity index (χ1n) is 8.76. The summed E-state index contributed by atoms with van der Waals surface area (Å²) in [4.78, 5) is 4.94. The van der Waals surface area contributed by atoms with Crippen LogP contribution < -0.4 is 0 Å². The Balaban J connectivity index is 1.98. The lowest BCUT2D eigenvalue weighted by Gasteiger charge is -2.36. The minimum absolute atomic E-state index is 0.281. The van der Waals surface area contributed by atoms with Crippen LogP contribution in [-0.2, 0) is 5.41 Å². The van der Waals surface area contributed by atoms with Crippen LogP contribution in [0.5, 0.6) is 0 Å². The van der Waals surface area contributed by atoms with E-state index >= 15 is 0 Å². The van der Waals surface area contributed by atoms with Gasteiger partial charge in [0, 0.05) is 17.0 Å². The van der Waals surface area contributed by atoms with Crippen LogP contribution >= 0.6 is 0 Å². The van der Waals surface area contributed by atoms with Gasteiger partial charge in [0.25, 0.3) is 0 Å². The fourth-order valence-corrected chi connectivity index (χ4v) is 5.60. The van der Waals surface area contributed by atoms with Crippen LogP contribution in [0, 0.1) is 12.3 Å². The number of benzene rings is 2. The number of hydrogen-bond acceptors (Lipinski definition) is 1. The molecule has 0 saturated heterocycles. The third kappa shape index (κ3) is 1.38. The Labute approximate surface area is 137 Å². The smallest absolute Gasteiger partial charge is 0.0783 e. The summed E-state index contributed by atoms with van der Waals surface area (Å²) in [5, 5.41) is 4.03. The van der Waals surface area contributed by atoms with Gasteiger partial charge in [-0.05, 0) is 64.7 Å². The predicted molar refractivity (Wildman–Crippen MR) is 97.1 cm³/mol. The van der Waals surface area contributed by atoms with Gasteiger partial charge in [-0.3, -0.25) is 4.98 Å². The highest BCUT2D eigenvalue weighted by molar-refractivity contribution is 6.08. The highest BCUT2D eigenvalue weighted by Gasteiger charge is 2.59. The summed E-state index contributed by atoms with van der Waals surface area (Å²) in [6.07, 6.45) is 4.81. The molecular weight excluding hydrogens is 278 g/mol. The predicted octanol–water partition coefficient (Wildman–Crippen LogP) is 5.87. The first kappa shape index (κ1) is 13.5. The molecule has 1 heteroatoms. The third-order valence-corrected chi connectivity index (χ3v) is 7.27. The summed E-state index contributed by atoms with van der Waals surface area (Å²) in [6.45, 7) is 9.65. The molecular formula is C22H23N. The fourth-order valence-electron chi connectivity index (χ4n) is 5.60. The molecule has 5 rings (SSSR count). The van der Waals surface area contributed by atoms with Crippen LogP contribution in [0.3, 0.4) is 0 Å². The Morgan fingerprint density at radius 1 is 1.04 bits per heavy atom. The number of fused-ring (bicyclic) bond motifs is 9. The largest absolute Gasteiger partial charge is 0.255 e. The summed E-state index contributed by atoms with van der Waals surface area (Å²) in [5.41, 5.74) is 6.29. The summed E-state index contributed by atoms with van der Waals surface area (Å²) in [6, 6.07) is 11.1. The van der Waals surface area contributed by atoms with Gasteiger partial charge in [0.2, 0.25) is 0 Å². The zero-order valence-corrected chi connectivity index (χ0v) is 14.4. The highest BCUT2D eigenvalue weighted by Crippen LogP contribution is 2.68. The van der Waals surface area contributed by atoms with E-state index in [2.05, 4.69) is 64.2 Å². The van der Waals surface area contributed by atoms with Gasteiger partial charge in [0.15, 0.2) is 0 Å². The molecule has 0 N–H and O–H groups in total. The molecule has 116 valence electrons. The number of aryl methyl sites for hydroxylation is 1. The van der Waals surface area contributed by atoms with Crippen LogP contribution in [0.25, 0.3) is 21.7 Å². The van der Waals surface area contributed by atoms with Crippen LogP contribution in [0.2, 0.25) is 0 Å². The van der Waals surface area contributed by atoms with Crippen LogP contribution in [0.4, 0.5) is 0 Å². The van der Waals surface area contributed by atoms with E-state index in [0.717, 1.165) is 0 Å². The van der Waals surface area contributed by atoms with E-state index in [1.807, 2.05) is 0 Å². The van der Waals surface area contributed by atoms with Crippen molar-refractivity contribution in [3.05, 3.63) is 53.2 Å². The van der Waals surface area contributed by atoms with Crippen molar-refractivity contribution in [2.24, 2.45) is 5.41 Å². The number of rotatable bonds is 0. The summed E-state index contributed by atoms with van der Waals surface area (Å²) in [5.74, 6) is 0.672. The molecule has 0 aliphatic heterocycles. The Bertz CT molecular complexity index is 982. The third-order valence-electron chi connectivity index (χ3n) is 7.27. The molecule has 23 heavy (non-hydrogen) atoms. The number of aromatic nitrogens is 1. The first-order chi connectivity index (χ1) is 10.9. The normalized spacial score (nSPS) is 27.7. The highest BCUT2D eigenvalue weighted by atomic mass is 14.7. The van der Waals surface area contributed by atoms with Crippen molar-refractivity contribution in [2.75, 3.05) is 0 Å². The molecule has 2 atom stereocenters. The van der Waals surface area contributed by atoms with Crippen molar-refractivity contribution in [2.45, 2.75) is 51.9 Å². The maximum atomic E-state index is 4.94. The second kappa shape index (κ2) is 3.95. The molecule has 2 bridgehead atoms. The average Bonchev–Trinajstić information content (AvgIpc) is 2.87. The Morgan fingerprint density at radius 2 is 1.78 bits per heavy atom. The van der Waals surface area contributed by atoms with E-state index in [1.54, 1.807) is 5.56 Å². The number of nitrogens with zero attached hydrogens (tertiary/aromatic N) is 1. The van der Waals surface area contributed by atoms with Crippen molar-refractivity contribution in [1.82, 2.24) is 4.98 Å². The molecule has 0 unspecified atom stereocenters. The first-order valence-corrected chi connectivity index (χ1v) is 8.76. The van der Waals surface area contributed by atoms with Gasteiger partial charge >= 0.3 is 0 Å². The van der Waals surface area contributed by atoms with Crippen molar-refractivity contribution >= 4 is 21.7 Å². The van der Waals surface area contributed by atoms with Gasteiger partial charge in [-0.15, -0.1) is 0 Å². The quantitative estimate of drug-likeness (QED) is 0.473. The summed E-state index contributed by atoms with van der Waals surface area (Å²) < 4.78 is 0. The van der Waals surface area contributed by atoms with Gasteiger partial charge in [0.1, 0.15) is 0 Å². The molecule has 1 heterocycles. The van der Waals surface area contributed by atoms with Gasteiger partial charge in [-0.1, -0.05) is 45.0 Å². The molecule has 0 spiro atoms. The fraction of sp³-hybridized carbons (Fsp3) is 0.409. The molecule has 1 aromatic heterocycles. The average molecular weight is 301 g/mol. The van der Waals surface area contributed by atoms with Crippen LogP contribution in [0.1, 0.15) is 56.2 Å². The molecule has 1 saturated carbocycles. The molecule has 1 fully saturated rings. The van der Waals surface area contributed by atoms with E-state index < -0.39 is 0 Å². The van der Waals surface area contributed by atoms with Crippen molar-refractivity contribution in [3.8, 4) is 0 Å². The van der Waals surface area contributed by atoms with Crippen LogP contribution in [-0.4, -0.2) is 4.98 Å². The van der Waals surface area contributed by atoms with Crippen molar-refractivity contribution < 1.29 is 0 Å². The Kier molecular flexibility index (Phi) is 2.33. The van der Waals surface area contributed by atoms with Gasteiger partial charge < -0.3 is 0 Å². The lowest BCUT2D eigenvalue weighted by atomic mass is 9.68. The number of hydrogen-bond donors (Lipinski definition) is 0. The van der Waals surface area contributed by atoms with Gasteiger partial charge in [-0.2, -0.15) is 0 Å². The molecule has 2 aromatic carbocycles. The topological polar surface area (TPSA) is 12.9 Å². The number of pyridine rings is 1. The summed E-state index contributed by atoms with van der Waals surface area (Å²) in [7, 11) is 0. The van der Waals surface area contributed by atoms with E-state index in [1.165, 1.54) is 45.6 Å². The Hall–Kier alpha value is -1.89. The standard InChI is InChI=1S/C22H23N/c1-13-11-16-19-17(18-9-10-22(19,4)21(18,2)3)12-23-20(16)15-8-6-5-7-14(13)15/h5-8,11-12,18H,9-10H2,1-4H3/t18-,22+/m0/s1. The minimum atomic E-state index is 0.281. The van der Waals surface area contributed by atoms with Crippen molar-refractivity contribution in [3.63, 3.8) is 0 Å². The molecule has 2 aliphatic carbocycles. The maximum absolute atomic E-state index is 4.94. The van der Waals surface area contributed by atoms with E-state index in [-0.39, 0.29) is 5.41 Å². The maximum Gasteiger partial charge on any atom is 0.0783 e. The Morgan fingerprint density at radius 3 is 2.57 bits per heavy atom. The SMILES string of the molecule is Cc1cc2c3c(cnc2c2ccccc12)[C@@H]1CC[C@@]3(C)C1(C)C. The van der Waals surface area contributed by atoms with Gasteiger partial charge in [-0.25, -0.2) is 0 Å². The molecule has 3 aromatic rings. The second-order valence-electron chi connectivity index (χ2n) is 8.37. The molecule has 2 aliphatic rings. The van der Waals surface area contributed by atoms with E-state index in [0.29, 0.717) is 11.3 Å². The van der Waals surface area contributed by atoms with E-state index in [9.17, 15) is 0 Å². The minimum Gasteiger partial charge on any atom is -0.255 e. The zero-order chi connectivity index (χ0) is 16.0.